The molecule has 0 radical (unpaired) electrons. The topological polar surface area (TPSA) is 95.6 Å². The zero-order valence-corrected chi connectivity index (χ0v) is 16.3. The number of piperidine rings is 1. The van der Waals surface area contributed by atoms with Gasteiger partial charge in [0.2, 0.25) is 20.0 Å². The number of hydrogen-bond donors (Lipinski definition) is 2. The van der Waals surface area contributed by atoms with Gasteiger partial charge in [-0.05, 0) is 38.4 Å². The van der Waals surface area contributed by atoms with E-state index in [-0.39, 0.29) is 34.3 Å². The maximum Gasteiger partial charge on any atom is 0.243 e. The molecule has 138 valence electrons. The van der Waals surface area contributed by atoms with Gasteiger partial charge in [-0.1, -0.05) is 12.1 Å². The number of nitrogens with one attached hydrogen (secondary N) is 2. The number of sulfonamides is 2. The summed E-state index contributed by atoms with van der Waals surface area (Å²) in [7, 11) is -5.03. The van der Waals surface area contributed by atoms with Crippen LogP contribution in [-0.4, -0.2) is 53.9 Å². The van der Waals surface area contributed by atoms with Crippen molar-refractivity contribution >= 4 is 32.5 Å². The molecule has 1 aromatic carbocycles. The summed E-state index contributed by atoms with van der Waals surface area (Å²) >= 11 is 0. The molecule has 2 unspecified atom stereocenters. The Bertz CT molecular complexity index is 766. The third-order valence-corrected chi connectivity index (χ3v) is 7.52. The van der Waals surface area contributed by atoms with Gasteiger partial charge in [-0.2, -0.15) is 0 Å². The summed E-state index contributed by atoms with van der Waals surface area (Å²) in [6.45, 7) is 2.76. The lowest BCUT2D eigenvalue weighted by molar-refractivity contribution is 0.348. The fraction of sp³-hybridized carbons (Fsp3) is 0.571. The van der Waals surface area contributed by atoms with E-state index in [0.717, 1.165) is 23.7 Å². The molecule has 24 heavy (non-hydrogen) atoms. The van der Waals surface area contributed by atoms with Gasteiger partial charge >= 0.3 is 0 Å². The summed E-state index contributed by atoms with van der Waals surface area (Å²) in [4.78, 5) is -0.430. The van der Waals surface area contributed by atoms with E-state index >= 15 is 0 Å². The molecule has 0 bridgehead atoms. The summed E-state index contributed by atoms with van der Waals surface area (Å²) in [5.41, 5.74) is 0. The summed E-state index contributed by atoms with van der Waals surface area (Å²) in [5, 5.41) is 3.22. The monoisotopic (exact) mass is 397 g/mol. The minimum atomic E-state index is -3.94. The number of benzene rings is 1. The van der Waals surface area contributed by atoms with Crippen molar-refractivity contribution in [1.29, 1.82) is 0 Å². The molecule has 10 heteroatoms. The quantitative estimate of drug-likeness (QED) is 0.765. The van der Waals surface area contributed by atoms with Crippen LogP contribution in [0.5, 0.6) is 0 Å². The Balaban J connectivity index is 0.00000288. The van der Waals surface area contributed by atoms with Gasteiger partial charge in [-0.25, -0.2) is 25.9 Å². The minimum absolute atomic E-state index is 0. The van der Waals surface area contributed by atoms with E-state index in [1.54, 1.807) is 0 Å². The highest BCUT2D eigenvalue weighted by atomic mass is 35.5. The van der Waals surface area contributed by atoms with Gasteiger partial charge in [0.25, 0.3) is 0 Å². The Morgan fingerprint density at radius 1 is 1.12 bits per heavy atom. The lowest BCUT2D eigenvalue weighted by atomic mass is 10.0. The highest BCUT2D eigenvalue weighted by Crippen LogP contribution is 2.24. The molecule has 7 nitrogen and oxygen atoms in total. The molecule has 2 N–H and O–H groups in total. The van der Waals surface area contributed by atoms with Crippen LogP contribution < -0.4 is 10.0 Å². The molecule has 1 heterocycles. The molecule has 2 rings (SSSR count). The van der Waals surface area contributed by atoms with E-state index in [9.17, 15) is 16.8 Å². The molecule has 1 fully saturated rings. The fourth-order valence-corrected chi connectivity index (χ4v) is 5.60. The highest BCUT2D eigenvalue weighted by molar-refractivity contribution is 7.92. The van der Waals surface area contributed by atoms with Crippen LogP contribution in [0, 0.1) is 0 Å². The van der Waals surface area contributed by atoms with E-state index < -0.39 is 20.0 Å². The predicted molar refractivity (Wildman–Crippen MR) is 95.4 cm³/mol. The van der Waals surface area contributed by atoms with Gasteiger partial charge < -0.3 is 5.32 Å². The van der Waals surface area contributed by atoms with Gasteiger partial charge in [0, 0.05) is 26.2 Å². The molecule has 0 aliphatic carbocycles. The Labute approximate surface area is 150 Å². The first-order chi connectivity index (χ1) is 10.7. The number of rotatable bonds is 5. The second-order valence-corrected chi connectivity index (χ2v) is 9.65. The second kappa shape index (κ2) is 8.11. The van der Waals surface area contributed by atoms with Gasteiger partial charge in [-0.3, -0.25) is 0 Å². The molecular weight excluding hydrogens is 374 g/mol. The smallest absolute Gasteiger partial charge is 0.243 e. The number of nitrogens with zero attached hydrogens (tertiary/aromatic N) is 1. The maximum atomic E-state index is 12.7. The van der Waals surface area contributed by atoms with E-state index in [1.165, 1.54) is 38.4 Å². The van der Waals surface area contributed by atoms with E-state index in [2.05, 4.69) is 10.0 Å². The molecule has 0 aromatic heterocycles. The molecule has 1 aliphatic rings. The largest absolute Gasteiger partial charge is 0.313 e. The Kier molecular flexibility index (Phi) is 7.21. The van der Waals surface area contributed by atoms with Crippen molar-refractivity contribution in [3.8, 4) is 0 Å². The first-order valence-electron chi connectivity index (χ1n) is 7.43. The summed E-state index contributed by atoms with van der Waals surface area (Å²) in [6, 6.07) is 5.40. The highest BCUT2D eigenvalue weighted by Gasteiger charge is 2.31. The van der Waals surface area contributed by atoms with Crippen LogP contribution >= 0.6 is 12.4 Å². The van der Waals surface area contributed by atoms with E-state index in [4.69, 9.17) is 0 Å². The van der Waals surface area contributed by atoms with Crippen LogP contribution in [0.3, 0.4) is 0 Å². The lowest BCUT2D eigenvalue weighted by Crippen LogP contribution is -2.51. The normalized spacial score (nSPS) is 22.2. The van der Waals surface area contributed by atoms with Crippen LogP contribution in [-0.2, 0) is 20.0 Å². The third kappa shape index (κ3) is 4.47. The van der Waals surface area contributed by atoms with Crippen LogP contribution in [0.15, 0.2) is 34.1 Å². The Morgan fingerprint density at radius 3 is 2.25 bits per heavy atom. The van der Waals surface area contributed by atoms with Crippen LogP contribution in [0.4, 0.5) is 0 Å². The summed E-state index contributed by atoms with van der Waals surface area (Å²) in [5.74, 6) is 0. The Hall–Kier alpha value is -0.710. The van der Waals surface area contributed by atoms with Crippen molar-refractivity contribution in [2.24, 2.45) is 0 Å². The SMILES string of the molecule is CC1NCCCC1NS(=O)(=O)c1ccccc1S(=O)(=O)N(C)C.Cl. The fourth-order valence-electron chi connectivity index (χ4n) is 2.55. The zero-order chi connectivity index (χ0) is 17.3. The standard InChI is InChI=1S/C14H23N3O4S2.ClH/c1-11-12(7-6-10-15-11)16-22(18,19)13-8-4-5-9-14(13)23(20,21)17(2)3;/h4-5,8-9,11-12,15-16H,6-7,10H2,1-3H3;1H. The van der Waals surface area contributed by atoms with Crippen molar-refractivity contribution in [1.82, 2.24) is 14.3 Å². The minimum Gasteiger partial charge on any atom is -0.313 e. The predicted octanol–water partition coefficient (Wildman–Crippen LogP) is 0.777. The van der Waals surface area contributed by atoms with Crippen molar-refractivity contribution in [3.63, 3.8) is 0 Å². The van der Waals surface area contributed by atoms with Crippen molar-refractivity contribution < 1.29 is 16.8 Å². The van der Waals surface area contributed by atoms with Gasteiger partial charge in [-0.15, -0.1) is 12.4 Å². The van der Waals surface area contributed by atoms with Crippen LogP contribution in [0.2, 0.25) is 0 Å². The Morgan fingerprint density at radius 2 is 1.71 bits per heavy atom. The van der Waals surface area contributed by atoms with E-state index in [1.807, 2.05) is 6.92 Å². The van der Waals surface area contributed by atoms with Crippen LogP contribution in [0.1, 0.15) is 19.8 Å². The van der Waals surface area contributed by atoms with Gasteiger partial charge in [0.15, 0.2) is 0 Å². The maximum absolute atomic E-state index is 12.7. The molecular formula is C14H24ClN3O4S2. The molecule has 2 atom stereocenters. The first-order valence-corrected chi connectivity index (χ1v) is 10.4. The molecule has 1 saturated heterocycles. The summed E-state index contributed by atoms with van der Waals surface area (Å²) in [6.07, 6.45) is 1.59. The van der Waals surface area contributed by atoms with Crippen molar-refractivity contribution in [2.75, 3.05) is 20.6 Å². The molecule has 0 saturated carbocycles. The molecule has 0 spiro atoms. The molecule has 1 aromatic rings. The van der Waals surface area contributed by atoms with Gasteiger partial charge in [0.1, 0.15) is 9.79 Å². The van der Waals surface area contributed by atoms with Crippen molar-refractivity contribution in [2.45, 2.75) is 41.6 Å². The third-order valence-electron chi connectivity index (χ3n) is 3.97. The van der Waals surface area contributed by atoms with Crippen LogP contribution in [0.25, 0.3) is 0 Å². The van der Waals surface area contributed by atoms with E-state index in [0.29, 0.717) is 0 Å². The van der Waals surface area contributed by atoms with Crippen molar-refractivity contribution in [3.05, 3.63) is 24.3 Å². The average Bonchev–Trinajstić information content (AvgIpc) is 2.49. The molecule has 0 amide bonds. The average molecular weight is 398 g/mol. The lowest BCUT2D eigenvalue weighted by Gasteiger charge is -2.30. The molecule has 1 aliphatic heterocycles. The number of halogens is 1. The second-order valence-electron chi connectivity index (χ2n) is 5.85. The summed E-state index contributed by atoms with van der Waals surface area (Å²) < 4.78 is 53.8. The van der Waals surface area contributed by atoms with Gasteiger partial charge in [0.05, 0.1) is 0 Å². The zero-order valence-electron chi connectivity index (χ0n) is 13.9. The number of hydrogen-bond acceptors (Lipinski definition) is 5. The first kappa shape index (κ1) is 21.3.